The Labute approximate surface area is 187 Å². The number of hydrogen-bond acceptors (Lipinski definition) is 7. The number of carbonyl (C=O) groups excluding carboxylic acids is 1. The van der Waals surface area contributed by atoms with Crippen molar-refractivity contribution in [2.75, 3.05) is 20.8 Å². The van der Waals surface area contributed by atoms with Crippen molar-refractivity contribution in [2.24, 2.45) is 4.99 Å². The van der Waals surface area contributed by atoms with Crippen molar-refractivity contribution in [1.29, 1.82) is 0 Å². The molecule has 168 valence electrons. The lowest BCUT2D eigenvalue weighted by atomic mass is 10.1. The molecule has 0 bridgehead atoms. The first-order valence-electron chi connectivity index (χ1n) is 10.3. The van der Waals surface area contributed by atoms with Crippen molar-refractivity contribution in [3.05, 3.63) is 38.8 Å². The third-order valence-electron chi connectivity index (χ3n) is 4.97. The van der Waals surface area contributed by atoms with Crippen LogP contribution in [0.1, 0.15) is 58.3 Å². The minimum absolute atomic E-state index is 0.135. The summed E-state index contributed by atoms with van der Waals surface area (Å²) in [6.07, 6.45) is 1.07. The van der Waals surface area contributed by atoms with Crippen LogP contribution in [0.3, 0.4) is 0 Å². The molecule has 0 aliphatic carbocycles. The Bertz CT molecular complexity index is 973. The number of fused-ring (bicyclic) bond motifs is 1. The van der Waals surface area contributed by atoms with Crippen LogP contribution in [0.2, 0.25) is 0 Å². The maximum atomic E-state index is 12.1. The van der Waals surface area contributed by atoms with Gasteiger partial charge in [-0.3, -0.25) is 4.99 Å². The lowest BCUT2D eigenvalue weighted by Crippen LogP contribution is -2.38. The van der Waals surface area contributed by atoms with E-state index in [1.54, 1.807) is 21.1 Å². The number of ether oxygens (including phenoxy) is 3. The summed E-state index contributed by atoms with van der Waals surface area (Å²) in [4.78, 5) is 21.4. The second-order valence-electron chi connectivity index (χ2n) is 7.38. The van der Waals surface area contributed by atoms with Gasteiger partial charge in [0.25, 0.3) is 0 Å². The molecule has 1 aliphatic rings. The standard InChI is InChI=1S/C22H30N4O4S/c1-7-29-21(27)19-13(3)25-20(31-19)14(4)26-22(23-5)24-11-16-10-18-15(8-12(2)30-18)9-17(16)28-6/h9-10,12,14H,7-8,11H2,1-6H3,(H2,23,24,26). The Balaban J connectivity index is 1.66. The van der Waals surface area contributed by atoms with E-state index < -0.39 is 0 Å². The molecule has 0 saturated heterocycles. The van der Waals surface area contributed by atoms with Crippen LogP contribution in [0.5, 0.6) is 11.5 Å². The summed E-state index contributed by atoms with van der Waals surface area (Å²) in [5.41, 5.74) is 2.83. The van der Waals surface area contributed by atoms with E-state index in [2.05, 4.69) is 27.5 Å². The van der Waals surface area contributed by atoms with Crippen LogP contribution in [0.25, 0.3) is 0 Å². The first-order valence-corrected chi connectivity index (χ1v) is 11.2. The number of carbonyl (C=O) groups is 1. The minimum Gasteiger partial charge on any atom is -0.496 e. The van der Waals surface area contributed by atoms with Crippen molar-refractivity contribution < 1.29 is 19.0 Å². The van der Waals surface area contributed by atoms with Gasteiger partial charge in [-0.15, -0.1) is 11.3 Å². The van der Waals surface area contributed by atoms with Gasteiger partial charge < -0.3 is 24.8 Å². The molecule has 1 aliphatic heterocycles. The monoisotopic (exact) mass is 446 g/mol. The van der Waals surface area contributed by atoms with Gasteiger partial charge in [0.2, 0.25) is 0 Å². The van der Waals surface area contributed by atoms with Gasteiger partial charge in [-0.05, 0) is 39.8 Å². The van der Waals surface area contributed by atoms with Gasteiger partial charge in [0.05, 0.1) is 25.5 Å². The highest BCUT2D eigenvalue weighted by molar-refractivity contribution is 7.13. The fourth-order valence-corrected chi connectivity index (χ4v) is 4.40. The van der Waals surface area contributed by atoms with Crippen LogP contribution in [-0.4, -0.2) is 43.8 Å². The quantitative estimate of drug-likeness (QED) is 0.382. The molecule has 3 rings (SSSR count). The van der Waals surface area contributed by atoms with Gasteiger partial charge >= 0.3 is 5.97 Å². The zero-order chi connectivity index (χ0) is 22.5. The number of esters is 1. The largest absolute Gasteiger partial charge is 0.496 e. The number of thiazole rings is 1. The number of aromatic nitrogens is 1. The summed E-state index contributed by atoms with van der Waals surface area (Å²) in [5, 5.41) is 7.43. The van der Waals surface area contributed by atoms with Crippen LogP contribution in [0.4, 0.5) is 0 Å². The van der Waals surface area contributed by atoms with E-state index in [-0.39, 0.29) is 18.1 Å². The molecule has 1 aromatic heterocycles. The first kappa shape index (κ1) is 22.9. The van der Waals surface area contributed by atoms with Crippen molar-refractivity contribution in [2.45, 2.75) is 52.8 Å². The number of nitrogens with zero attached hydrogens (tertiary/aromatic N) is 2. The number of hydrogen-bond donors (Lipinski definition) is 2. The van der Waals surface area contributed by atoms with E-state index in [0.29, 0.717) is 29.7 Å². The third-order valence-corrected chi connectivity index (χ3v) is 6.29. The van der Waals surface area contributed by atoms with Crippen molar-refractivity contribution in [3.8, 4) is 11.5 Å². The Kier molecular flexibility index (Phi) is 7.37. The molecule has 2 aromatic rings. The first-order chi connectivity index (χ1) is 14.9. The SMILES string of the molecule is CCOC(=O)c1sc(C(C)NC(=NC)NCc2cc3c(cc2OC)CC(C)O3)nc1C. The fourth-order valence-electron chi connectivity index (χ4n) is 3.44. The summed E-state index contributed by atoms with van der Waals surface area (Å²) in [7, 11) is 3.38. The third kappa shape index (κ3) is 5.28. The van der Waals surface area contributed by atoms with E-state index in [9.17, 15) is 4.79 Å². The second-order valence-corrected chi connectivity index (χ2v) is 8.41. The van der Waals surface area contributed by atoms with Crippen LogP contribution in [0, 0.1) is 6.92 Å². The summed E-state index contributed by atoms with van der Waals surface area (Å²) >= 11 is 1.33. The molecule has 9 heteroatoms. The Morgan fingerprint density at radius 3 is 2.90 bits per heavy atom. The Morgan fingerprint density at radius 2 is 2.23 bits per heavy atom. The molecule has 2 N–H and O–H groups in total. The molecular weight excluding hydrogens is 416 g/mol. The lowest BCUT2D eigenvalue weighted by molar-refractivity contribution is 0.0531. The molecule has 2 heterocycles. The van der Waals surface area contributed by atoms with Gasteiger partial charge in [0.15, 0.2) is 5.96 Å². The minimum atomic E-state index is -0.335. The molecule has 31 heavy (non-hydrogen) atoms. The molecule has 1 aromatic carbocycles. The Morgan fingerprint density at radius 1 is 1.45 bits per heavy atom. The van der Waals surface area contributed by atoms with E-state index in [0.717, 1.165) is 28.5 Å². The predicted octanol–water partition coefficient (Wildman–Crippen LogP) is 3.39. The number of aliphatic imine (C=N–C) groups is 1. The van der Waals surface area contributed by atoms with Gasteiger partial charge in [-0.25, -0.2) is 9.78 Å². The van der Waals surface area contributed by atoms with E-state index in [1.165, 1.54) is 16.9 Å². The summed E-state index contributed by atoms with van der Waals surface area (Å²) < 4.78 is 16.6. The molecular formula is C22H30N4O4S. The average molecular weight is 447 g/mol. The number of guanidine groups is 1. The second kappa shape index (κ2) is 10.00. The lowest BCUT2D eigenvalue weighted by Gasteiger charge is -2.17. The topological polar surface area (TPSA) is 94.1 Å². The van der Waals surface area contributed by atoms with E-state index in [4.69, 9.17) is 14.2 Å². The molecule has 0 amide bonds. The zero-order valence-electron chi connectivity index (χ0n) is 18.9. The summed E-state index contributed by atoms with van der Waals surface area (Å²) in [6.45, 7) is 8.50. The van der Waals surface area contributed by atoms with Gasteiger partial charge in [-0.1, -0.05) is 0 Å². The van der Waals surface area contributed by atoms with E-state index in [1.807, 2.05) is 26.0 Å². The fraction of sp³-hybridized carbons (Fsp3) is 0.500. The highest BCUT2D eigenvalue weighted by Gasteiger charge is 2.22. The predicted molar refractivity (Wildman–Crippen MR) is 121 cm³/mol. The summed E-state index contributed by atoms with van der Waals surface area (Å²) in [5.74, 6) is 2.02. The van der Waals surface area contributed by atoms with Gasteiger partial charge in [-0.2, -0.15) is 0 Å². The van der Waals surface area contributed by atoms with Crippen LogP contribution >= 0.6 is 11.3 Å². The van der Waals surface area contributed by atoms with Gasteiger partial charge in [0.1, 0.15) is 27.5 Å². The summed E-state index contributed by atoms with van der Waals surface area (Å²) in [6, 6.07) is 3.94. The van der Waals surface area contributed by atoms with Crippen molar-refractivity contribution in [1.82, 2.24) is 15.6 Å². The highest BCUT2D eigenvalue weighted by atomic mass is 32.1. The van der Waals surface area contributed by atoms with E-state index >= 15 is 0 Å². The molecule has 2 atom stereocenters. The molecule has 0 radical (unpaired) electrons. The van der Waals surface area contributed by atoms with Crippen LogP contribution in [-0.2, 0) is 17.7 Å². The Hall–Kier alpha value is -2.81. The van der Waals surface area contributed by atoms with Gasteiger partial charge in [0, 0.05) is 31.1 Å². The molecule has 0 spiro atoms. The van der Waals surface area contributed by atoms with Crippen LogP contribution < -0.4 is 20.1 Å². The molecule has 0 saturated carbocycles. The smallest absolute Gasteiger partial charge is 0.350 e. The van der Waals surface area contributed by atoms with Crippen molar-refractivity contribution >= 4 is 23.3 Å². The maximum absolute atomic E-state index is 12.1. The average Bonchev–Trinajstić information content (AvgIpc) is 3.31. The molecule has 0 fully saturated rings. The molecule has 2 unspecified atom stereocenters. The zero-order valence-corrected chi connectivity index (χ0v) is 19.7. The number of nitrogens with one attached hydrogen (secondary N) is 2. The number of aryl methyl sites for hydroxylation is 1. The van der Waals surface area contributed by atoms with Crippen LogP contribution in [0.15, 0.2) is 17.1 Å². The van der Waals surface area contributed by atoms with Crippen molar-refractivity contribution in [3.63, 3.8) is 0 Å². The number of rotatable bonds is 7. The molecule has 8 nitrogen and oxygen atoms in total. The highest BCUT2D eigenvalue weighted by Crippen LogP contribution is 2.35. The maximum Gasteiger partial charge on any atom is 0.350 e. The number of benzene rings is 1. The number of methoxy groups -OCH3 is 1. The normalized spacial score (nSPS) is 16.3.